The first-order valence-corrected chi connectivity index (χ1v) is 10.2. The first-order valence-electron chi connectivity index (χ1n) is 10.2. The number of quaternary nitrogens is 1. The molecule has 30 heavy (non-hydrogen) atoms. The zero-order valence-corrected chi connectivity index (χ0v) is 17.3. The molecule has 2 aromatic carbocycles. The third-order valence-corrected chi connectivity index (χ3v) is 5.88. The number of aromatic amines is 1. The Morgan fingerprint density at radius 3 is 2.43 bits per heavy atom. The van der Waals surface area contributed by atoms with Crippen molar-refractivity contribution in [3.05, 3.63) is 60.3 Å². The number of para-hydroxylation sites is 2. The number of amides is 1. The van der Waals surface area contributed by atoms with E-state index in [-0.39, 0.29) is 17.6 Å². The van der Waals surface area contributed by atoms with Crippen LogP contribution in [0.5, 0.6) is 0 Å². The number of benzene rings is 2. The number of rotatable bonds is 5. The number of ether oxygens (including phenoxy) is 1. The van der Waals surface area contributed by atoms with Crippen molar-refractivity contribution >= 4 is 34.2 Å². The summed E-state index contributed by atoms with van der Waals surface area (Å²) in [5.41, 5.74) is 2.75. The molecular formula is C23H27N4O3+. The number of anilines is 2. The third kappa shape index (κ3) is 3.89. The highest BCUT2D eigenvalue weighted by molar-refractivity contribution is 6.11. The molecule has 1 atom stereocenters. The Bertz CT molecular complexity index is 1040. The van der Waals surface area contributed by atoms with Crippen LogP contribution in [0.1, 0.15) is 17.4 Å². The van der Waals surface area contributed by atoms with Crippen LogP contribution in [0, 0.1) is 0 Å². The Morgan fingerprint density at radius 2 is 1.73 bits per heavy atom. The molecule has 1 saturated heterocycles. The number of esters is 1. The lowest BCUT2D eigenvalue weighted by molar-refractivity contribution is -0.914. The number of piperazine rings is 1. The minimum absolute atomic E-state index is 0.104. The summed E-state index contributed by atoms with van der Waals surface area (Å²) in [4.78, 5) is 31.9. The molecular weight excluding hydrogens is 380 g/mol. The second-order valence-corrected chi connectivity index (χ2v) is 7.60. The number of hydrogen-bond acceptors (Lipinski definition) is 4. The molecule has 0 saturated carbocycles. The van der Waals surface area contributed by atoms with Crippen molar-refractivity contribution < 1.29 is 19.2 Å². The zero-order chi connectivity index (χ0) is 21.1. The molecule has 7 heteroatoms. The molecule has 1 aromatic heterocycles. The highest BCUT2D eigenvalue weighted by Crippen LogP contribution is 2.28. The van der Waals surface area contributed by atoms with Crippen molar-refractivity contribution in [2.24, 2.45) is 0 Å². The highest BCUT2D eigenvalue weighted by Gasteiger charge is 2.31. The number of methoxy groups -OCH3 is 1. The molecule has 1 amide bonds. The number of carbonyl (C=O) groups is 2. The maximum atomic E-state index is 13.1. The van der Waals surface area contributed by atoms with E-state index in [0.717, 1.165) is 37.1 Å². The standard InChI is InChI=1S/C23H26N4O3/c1-16(26-12-14-27(15-13-26)17-8-4-3-5-9-17)22(28)25-20-18-10-6-7-11-19(18)24-21(20)23(29)30-2/h3-11,16,24H,12-15H2,1-2H3,(H,25,28)/p+1/t16-/m0/s1. The minimum atomic E-state index is -0.502. The summed E-state index contributed by atoms with van der Waals surface area (Å²) in [6, 6.07) is 17.6. The number of H-pyrrole nitrogens is 1. The van der Waals surface area contributed by atoms with E-state index in [2.05, 4.69) is 27.3 Å². The summed E-state index contributed by atoms with van der Waals surface area (Å²) >= 11 is 0. The first-order chi connectivity index (χ1) is 14.6. The van der Waals surface area contributed by atoms with Gasteiger partial charge in [0.25, 0.3) is 5.91 Å². The fraction of sp³-hybridized carbons (Fsp3) is 0.304. The predicted molar refractivity (Wildman–Crippen MR) is 117 cm³/mol. The van der Waals surface area contributed by atoms with Gasteiger partial charge in [0, 0.05) is 16.6 Å². The van der Waals surface area contributed by atoms with E-state index >= 15 is 0 Å². The van der Waals surface area contributed by atoms with Crippen molar-refractivity contribution in [1.29, 1.82) is 0 Å². The van der Waals surface area contributed by atoms with Gasteiger partial charge >= 0.3 is 5.97 Å². The number of fused-ring (bicyclic) bond motifs is 1. The average Bonchev–Trinajstić information content (AvgIpc) is 3.17. The Hall–Kier alpha value is -3.32. The maximum absolute atomic E-state index is 13.1. The molecule has 0 unspecified atom stereocenters. The summed E-state index contributed by atoms with van der Waals surface area (Å²) in [6.07, 6.45) is 0. The molecule has 0 spiro atoms. The van der Waals surface area contributed by atoms with Crippen LogP contribution >= 0.6 is 0 Å². The van der Waals surface area contributed by atoms with Crippen LogP contribution in [0.25, 0.3) is 10.9 Å². The molecule has 0 radical (unpaired) electrons. The van der Waals surface area contributed by atoms with Gasteiger partial charge in [-0.1, -0.05) is 36.4 Å². The van der Waals surface area contributed by atoms with Crippen LogP contribution < -0.4 is 15.1 Å². The fourth-order valence-electron chi connectivity index (χ4n) is 4.07. The molecule has 1 aliphatic rings. The quantitative estimate of drug-likeness (QED) is 0.563. The number of nitrogens with zero attached hydrogens (tertiary/aromatic N) is 1. The SMILES string of the molecule is COC(=O)c1[nH]c2ccccc2c1NC(=O)[C@H](C)[NH+]1CCN(c2ccccc2)CC1. The topological polar surface area (TPSA) is 78.9 Å². The minimum Gasteiger partial charge on any atom is -0.464 e. The van der Waals surface area contributed by atoms with Crippen LogP contribution in [0.4, 0.5) is 11.4 Å². The molecule has 1 aliphatic heterocycles. The van der Waals surface area contributed by atoms with Gasteiger partial charge in [0.1, 0.15) is 5.69 Å². The van der Waals surface area contributed by atoms with Crippen LogP contribution in [0.2, 0.25) is 0 Å². The number of nitrogens with one attached hydrogen (secondary N) is 3. The highest BCUT2D eigenvalue weighted by atomic mass is 16.5. The summed E-state index contributed by atoms with van der Waals surface area (Å²) in [5.74, 6) is -0.606. The molecule has 3 N–H and O–H groups in total. The molecule has 2 heterocycles. The van der Waals surface area contributed by atoms with Crippen LogP contribution in [-0.2, 0) is 9.53 Å². The van der Waals surface area contributed by atoms with Gasteiger partial charge in [-0.15, -0.1) is 0 Å². The van der Waals surface area contributed by atoms with Gasteiger partial charge in [0.2, 0.25) is 0 Å². The van der Waals surface area contributed by atoms with E-state index in [4.69, 9.17) is 4.74 Å². The Kier molecular flexibility index (Phi) is 5.72. The summed E-state index contributed by atoms with van der Waals surface area (Å²) < 4.78 is 4.89. The fourth-order valence-corrected chi connectivity index (χ4v) is 4.07. The van der Waals surface area contributed by atoms with Gasteiger partial charge in [-0.2, -0.15) is 0 Å². The van der Waals surface area contributed by atoms with Crippen molar-refractivity contribution in [2.75, 3.05) is 43.5 Å². The Labute approximate surface area is 175 Å². The Morgan fingerprint density at radius 1 is 1.07 bits per heavy atom. The van der Waals surface area contributed by atoms with Gasteiger partial charge in [0.15, 0.2) is 6.04 Å². The van der Waals surface area contributed by atoms with Crippen LogP contribution in [0.3, 0.4) is 0 Å². The maximum Gasteiger partial charge on any atom is 0.356 e. The van der Waals surface area contributed by atoms with Crippen LogP contribution in [0.15, 0.2) is 54.6 Å². The summed E-state index contributed by atoms with van der Waals surface area (Å²) in [5, 5.41) is 3.78. The second-order valence-electron chi connectivity index (χ2n) is 7.60. The second kappa shape index (κ2) is 8.59. The Balaban J connectivity index is 1.46. The van der Waals surface area contributed by atoms with Gasteiger partial charge in [0.05, 0.1) is 39.0 Å². The van der Waals surface area contributed by atoms with E-state index in [1.54, 1.807) is 0 Å². The van der Waals surface area contributed by atoms with Gasteiger partial charge in [-0.25, -0.2) is 4.79 Å². The van der Waals surface area contributed by atoms with Gasteiger partial charge in [-0.05, 0) is 25.1 Å². The largest absolute Gasteiger partial charge is 0.464 e. The molecule has 3 aromatic rings. The summed E-state index contributed by atoms with van der Waals surface area (Å²) in [7, 11) is 1.33. The third-order valence-electron chi connectivity index (χ3n) is 5.88. The van der Waals surface area contributed by atoms with Crippen LogP contribution in [-0.4, -0.2) is 56.2 Å². The molecule has 7 nitrogen and oxygen atoms in total. The van der Waals surface area contributed by atoms with E-state index in [9.17, 15) is 9.59 Å². The van der Waals surface area contributed by atoms with Crippen molar-refractivity contribution in [3.8, 4) is 0 Å². The average molecular weight is 407 g/mol. The monoisotopic (exact) mass is 407 g/mol. The van der Waals surface area contributed by atoms with E-state index in [1.165, 1.54) is 17.7 Å². The van der Waals surface area contributed by atoms with Crippen molar-refractivity contribution in [1.82, 2.24) is 4.98 Å². The molecule has 0 bridgehead atoms. The van der Waals surface area contributed by atoms with E-state index in [1.807, 2.05) is 49.4 Å². The van der Waals surface area contributed by atoms with E-state index < -0.39 is 5.97 Å². The summed E-state index contributed by atoms with van der Waals surface area (Å²) in [6.45, 7) is 5.49. The lowest BCUT2D eigenvalue weighted by Crippen LogP contribution is -3.19. The number of carbonyl (C=O) groups excluding carboxylic acids is 2. The van der Waals surface area contributed by atoms with Crippen molar-refractivity contribution in [2.45, 2.75) is 13.0 Å². The van der Waals surface area contributed by atoms with Gasteiger partial charge < -0.3 is 24.8 Å². The van der Waals surface area contributed by atoms with E-state index in [0.29, 0.717) is 5.69 Å². The van der Waals surface area contributed by atoms with Gasteiger partial charge in [-0.3, -0.25) is 4.79 Å². The number of aromatic nitrogens is 1. The smallest absolute Gasteiger partial charge is 0.356 e. The molecule has 0 aliphatic carbocycles. The lowest BCUT2D eigenvalue weighted by atomic mass is 10.1. The lowest BCUT2D eigenvalue weighted by Gasteiger charge is -2.36. The first kappa shape index (κ1) is 20.0. The van der Waals surface area contributed by atoms with Crippen molar-refractivity contribution in [3.63, 3.8) is 0 Å². The molecule has 4 rings (SSSR count). The molecule has 1 fully saturated rings. The predicted octanol–water partition coefficient (Wildman–Crippen LogP) is 1.69. The number of hydrogen-bond donors (Lipinski definition) is 3. The zero-order valence-electron chi connectivity index (χ0n) is 17.3. The normalized spacial score (nSPS) is 15.7. The molecule has 156 valence electrons.